The topological polar surface area (TPSA) is 54.4 Å². The summed E-state index contributed by atoms with van der Waals surface area (Å²) in [6.45, 7) is 0. The average Bonchev–Trinajstić information content (AvgIpc) is 1.86. The molecule has 0 heterocycles. The smallest absolute Gasteiger partial charge is 0.282 e. The molecular formula is C6H6ClFO3S. The molecule has 6 heteroatoms. The van der Waals surface area contributed by atoms with Crippen LogP contribution in [0.25, 0.3) is 0 Å². The molecule has 0 bridgehead atoms. The van der Waals surface area contributed by atoms with E-state index in [0.29, 0.717) is 0 Å². The quantitative estimate of drug-likeness (QED) is 0.718. The Bertz CT molecular complexity index is 363. The Morgan fingerprint density at radius 2 is 1.75 bits per heavy atom. The molecule has 1 N–H and O–H groups in total. The average molecular weight is 213 g/mol. The lowest BCUT2D eigenvalue weighted by molar-refractivity contribution is 0.473. The third-order valence-corrected chi connectivity index (χ3v) is 2.00. The number of benzene rings is 1. The fraction of sp³-hybridized carbons (Fsp3) is 0. The van der Waals surface area contributed by atoms with Crippen LogP contribution in [0.4, 0.5) is 4.39 Å². The highest BCUT2D eigenvalue weighted by atomic mass is 35.5. The fourth-order valence-electron chi connectivity index (χ4n) is 0.654. The molecule has 0 radical (unpaired) electrons. The van der Waals surface area contributed by atoms with E-state index < -0.39 is 20.8 Å². The van der Waals surface area contributed by atoms with E-state index in [9.17, 15) is 12.8 Å². The van der Waals surface area contributed by atoms with Gasteiger partial charge in [-0.2, -0.15) is 8.42 Å². The summed E-state index contributed by atoms with van der Waals surface area (Å²) in [6.07, 6.45) is 0. The van der Waals surface area contributed by atoms with Crippen molar-refractivity contribution in [3.05, 3.63) is 30.1 Å². The Kier molecular flexibility index (Phi) is 3.63. The SMILES string of the molecule is Cl.O=S(=O)(O)c1ccccc1F. The van der Waals surface area contributed by atoms with Crippen molar-refractivity contribution in [2.45, 2.75) is 4.90 Å². The highest BCUT2D eigenvalue weighted by Gasteiger charge is 2.13. The van der Waals surface area contributed by atoms with E-state index in [1.807, 2.05) is 0 Å². The molecule has 0 amide bonds. The van der Waals surface area contributed by atoms with Crippen molar-refractivity contribution in [3.8, 4) is 0 Å². The van der Waals surface area contributed by atoms with Crippen molar-refractivity contribution >= 4 is 22.5 Å². The molecule has 1 aromatic carbocycles. The summed E-state index contributed by atoms with van der Waals surface area (Å²) in [4.78, 5) is -0.694. The van der Waals surface area contributed by atoms with Gasteiger partial charge in [-0.1, -0.05) is 12.1 Å². The van der Waals surface area contributed by atoms with Gasteiger partial charge in [0.2, 0.25) is 0 Å². The number of halogens is 2. The Balaban J connectivity index is 0.00000121. The molecular weight excluding hydrogens is 207 g/mol. The summed E-state index contributed by atoms with van der Waals surface area (Å²) in [5, 5.41) is 0. The summed E-state index contributed by atoms with van der Waals surface area (Å²) in [6, 6.07) is 4.62. The van der Waals surface area contributed by atoms with Gasteiger partial charge in [-0.25, -0.2) is 4.39 Å². The van der Waals surface area contributed by atoms with Gasteiger partial charge in [-0.05, 0) is 12.1 Å². The fourth-order valence-corrected chi connectivity index (χ4v) is 1.22. The normalized spacial score (nSPS) is 10.5. The second-order valence-corrected chi connectivity index (χ2v) is 3.30. The van der Waals surface area contributed by atoms with Crippen molar-refractivity contribution < 1.29 is 17.4 Å². The maximum atomic E-state index is 12.5. The van der Waals surface area contributed by atoms with Crippen LogP contribution in [0.2, 0.25) is 0 Å². The lowest BCUT2D eigenvalue weighted by atomic mass is 10.4. The van der Waals surface area contributed by atoms with Crippen LogP contribution in [-0.2, 0) is 10.1 Å². The predicted molar refractivity (Wildman–Crippen MR) is 43.5 cm³/mol. The van der Waals surface area contributed by atoms with Crippen molar-refractivity contribution in [2.24, 2.45) is 0 Å². The maximum absolute atomic E-state index is 12.5. The maximum Gasteiger partial charge on any atom is 0.297 e. The zero-order chi connectivity index (χ0) is 8.48. The first kappa shape index (κ1) is 11.4. The third kappa shape index (κ3) is 2.44. The molecule has 0 aliphatic heterocycles. The Labute approximate surface area is 75.4 Å². The largest absolute Gasteiger partial charge is 0.297 e. The highest BCUT2D eigenvalue weighted by Crippen LogP contribution is 2.11. The second kappa shape index (κ2) is 3.84. The van der Waals surface area contributed by atoms with E-state index in [4.69, 9.17) is 4.55 Å². The Morgan fingerprint density at radius 1 is 1.25 bits per heavy atom. The van der Waals surface area contributed by atoms with Crippen LogP contribution >= 0.6 is 12.4 Å². The molecule has 0 aliphatic rings. The molecule has 1 aromatic rings. The standard InChI is InChI=1S/C6H5FO3S.ClH/c7-5-3-1-2-4-6(5)11(8,9)10;/h1-4H,(H,8,9,10);1H. The molecule has 0 saturated carbocycles. The van der Waals surface area contributed by atoms with Crippen LogP contribution in [0.5, 0.6) is 0 Å². The van der Waals surface area contributed by atoms with Gasteiger partial charge in [0, 0.05) is 0 Å². The van der Waals surface area contributed by atoms with Crippen molar-refractivity contribution in [1.29, 1.82) is 0 Å². The van der Waals surface area contributed by atoms with E-state index in [0.717, 1.165) is 12.1 Å². The van der Waals surface area contributed by atoms with Crippen molar-refractivity contribution in [2.75, 3.05) is 0 Å². The summed E-state index contributed by atoms with van der Waals surface area (Å²) in [5.41, 5.74) is 0. The summed E-state index contributed by atoms with van der Waals surface area (Å²) in [5.74, 6) is -0.949. The van der Waals surface area contributed by atoms with Gasteiger partial charge in [0.1, 0.15) is 10.7 Å². The van der Waals surface area contributed by atoms with Crippen molar-refractivity contribution in [1.82, 2.24) is 0 Å². The molecule has 0 spiro atoms. The van der Waals surface area contributed by atoms with E-state index in [1.165, 1.54) is 12.1 Å². The molecule has 12 heavy (non-hydrogen) atoms. The highest BCUT2D eigenvalue weighted by molar-refractivity contribution is 7.85. The van der Waals surface area contributed by atoms with Crippen LogP contribution in [-0.4, -0.2) is 13.0 Å². The van der Waals surface area contributed by atoms with Crippen LogP contribution < -0.4 is 0 Å². The van der Waals surface area contributed by atoms with E-state index in [2.05, 4.69) is 0 Å². The minimum atomic E-state index is -4.41. The number of hydrogen-bond acceptors (Lipinski definition) is 2. The van der Waals surface area contributed by atoms with E-state index in [1.54, 1.807) is 0 Å². The van der Waals surface area contributed by atoms with Crippen LogP contribution in [0, 0.1) is 5.82 Å². The number of hydrogen-bond donors (Lipinski definition) is 1. The minimum Gasteiger partial charge on any atom is -0.282 e. The molecule has 0 atom stereocenters. The monoisotopic (exact) mass is 212 g/mol. The molecule has 0 unspecified atom stereocenters. The molecule has 1 rings (SSSR count). The van der Waals surface area contributed by atoms with E-state index >= 15 is 0 Å². The van der Waals surface area contributed by atoms with Gasteiger partial charge in [-0.15, -0.1) is 12.4 Å². The zero-order valence-corrected chi connectivity index (χ0v) is 7.40. The van der Waals surface area contributed by atoms with Gasteiger partial charge < -0.3 is 0 Å². The van der Waals surface area contributed by atoms with Crippen LogP contribution in [0.15, 0.2) is 29.2 Å². The van der Waals surface area contributed by atoms with Crippen molar-refractivity contribution in [3.63, 3.8) is 0 Å². The molecule has 0 aliphatic carbocycles. The molecule has 0 saturated heterocycles. The van der Waals surface area contributed by atoms with Crippen LogP contribution in [0.3, 0.4) is 0 Å². The molecule has 0 aromatic heterocycles. The van der Waals surface area contributed by atoms with Gasteiger partial charge in [-0.3, -0.25) is 4.55 Å². The predicted octanol–water partition coefficient (Wildman–Crippen LogP) is 1.49. The van der Waals surface area contributed by atoms with E-state index in [-0.39, 0.29) is 12.4 Å². The Hall–Kier alpha value is -0.650. The summed E-state index contributed by atoms with van der Waals surface area (Å²) < 4.78 is 41.7. The van der Waals surface area contributed by atoms with Gasteiger partial charge in [0.25, 0.3) is 10.1 Å². The minimum absolute atomic E-state index is 0. The summed E-state index contributed by atoms with van der Waals surface area (Å²) >= 11 is 0. The first-order valence-electron chi connectivity index (χ1n) is 2.74. The first-order chi connectivity index (χ1) is 5.02. The van der Waals surface area contributed by atoms with Gasteiger partial charge in [0.05, 0.1) is 0 Å². The summed E-state index contributed by atoms with van der Waals surface area (Å²) in [7, 11) is -4.41. The zero-order valence-electron chi connectivity index (χ0n) is 5.77. The first-order valence-corrected chi connectivity index (χ1v) is 4.18. The second-order valence-electron chi connectivity index (χ2n) is 1.91. The number of rotatable bonds is 1. The lowest BCUT2D eigenvalue weighted by Crippen LogP contribution is -2.00. The third-order valence-electron chi connectivity index (χ3n) is 1.11. The molecule has 3 nitrogen and oxygen atoms in total. The Morgan fingerprint density at radius 3 is 2.08 bits per heavy atom. The van der Waals surface area contributed by atoms with Gasteiger partial charge in [0.15, 0.2) is 0 Å². The van der Waals surface area contributed by atoms with Crippen LogP contribution in [0.1, 0.15) is 0 Å². The van der Waals surface area contributed by atoms with Gasteiger partial charge >= 0.3 is 0 Å². The molecule has 68 valence electrons. The lowest BCUT2D eigenvalue weighted by Gasteiger charge is -1.95. The molecule has 0 fully saturated rings.